The summed E-state index contributed by atoms with van der Waals surface area (Å²) < 4.78 is 7.77. The molecule has 0 radical (unpaired) electrons. The van der Waals surface area contributed by atoms with Gasteiger partial charge < -0.3 is 15.8 Å². The molecule has 0 aliphatic heterocycles. The zero-order valence-electron chi connectivity index (χ0n) is 20.6. The predicted molar refractivity (Wildman–Crippen MR) is 144 cm³/mol. The summed E-state index contributed by atoms with van der Waals surface area (Å²) >= 11 is 2.73. The van der Waals surface area contributed by atoms with Gasteiger partial charge in [-0.15, -0.1) is 28.1 Å². The molecule has 8 nitrogen and oxygen atoms in total. The minimum absolute atomic E-state index is 0.117. The summed E-state index contributed by atoms with van der Waals surface area (Å²) in [6.07, 6.45) is 5.46. The molecule has 0 bridgehead atoms. The smallest absolute Gasteiger partial charge is 0.251 e. The maximum Gasteiger partial charge on any atom is 0.251 e. The lowest BCUT2D eigenvalue weighted by Gasteiger charge is -2.18. The van der Waals surface area contributed by atoms with E-state index in [1.165, 1.54) is 28.7 Å². The Kier molecular flexibility index (Phi) is 8.48. The molecule has 0 spiro atoms. The van der Waals surface area contributed by atoms with Crippen LogP contribution in [0.3, 0.4) is 0 Å². The lowest BCUT2D eigenvalue weighted by atomic mass is 9.88. The van der Waals surface area contributed by atoms with Gasteiger partial charge in [0, 0.05) is 11.4 Å². The van der Waals surface area contributed by atoms with Gasteiger partial charge in [0.1, 0.15) is 17.4 Å². The van der Waals surface area contributed by atoms with Crippen LogP contribution in [-0.4, -0.2) is 32.3 Å². The Morgan fingerprint density at radius 3 is 2.81 bits per heavy atom. The molecule has 3 aromatic rings. The Hall–Kier alpha value is -3.11. The molecule has 1 atom stereocenters. The van der Waals surface area contributed by atoms with Crippen molar-refractivity contribution in [3.63, 3.8) is 0 Å². The fraction of sp³-hybridized carbons (Fsp3) is 0.385. The summed E-state index contributed by atoms with van der Waals surface area (Å²) in [4.78, 5) is 26.1. The number of hydrogen-bond donors (Lipinski definition) is 2. The maximum atomic E-state index is 12.8. The molecule has 2 heterocycles. The summed E-state index contributed by atoms with van der Waals surface area (Å²) in [5.74, 6) is 1.36. The Morgan fingerprint density at radius 2 is 2.11 bits per heavy atom. The second kappa shape index (κ2) is 11.7. The van der Waals surface area contributed by atoms with Crippen molar-refractivity contribution >= 4 is 39.9 Å². The number of nitrogens with zero attached hydrogens (tertiary/aromatic N) is 3. The van der Waals surface area contributed by atoms with E-state index in [4.69, 9.17) is 10.5 Å². The zero-order chi connectivity index (χ0) is 25.7. The van der Waals surface area contributed by atoms with Crippen LogP contribution < -0.4 is 15.8 Å². The van der Waals surface area contributed by atoms with E-state index in [-0.39, 0.29) is 18.3 Å². The second-order valence-electron chi connectivity index (χ2n) is 8.84. The number of aryl methyl sites for hydroxylation is 1. The Bertz CT molecular complexity index is 1250. The lowest BCUT2D eigenvalue weighted by molar-refractivity contribution is -0.113. The number of rotatable bonds is 11. The number of anilines is 1. The van der Waals surface area contributed by atoms with E-state index in [9.17, 15) is 9.59 Å². The van der Waals surface area contributed by atoms with Crippen LogP contribution in [0.5, 0.6) is 5.75 Å². The third-order valence-corrected chi connectivity index (χ3v) is 8.28. The zero-order valence-corrected chi connectivity index (χ0v) is 22.2. The van der Waals surface area contributed by atoms with Crippen LogP contribution in [0, 0.1) is 5.92 Å². The summed E-state index contributed by atoms with van der Waals surface area (Å²) in [7, 11) is 0. The number of nitrogens with one attached hydrogen (secondary N) is 1. The highest BCUT2D eigenvalue weighted by molar-refractivity contribution is 7.99. The number of fused-ring (bicyclic) bond motifs is 1. The number of carbonyl (C=O) groups is 2. The molecule has 0 fully saturated rings. The molecule has 2 aromatic heterocycles. The molecule has 10 heteroatoms. The number of amides is 2. The molecule has 0 saturated heterocycles. The van der Waals surface area contributed by atoms with Crippen molar-refractivity contribution in [2.24, 2.45) is 11.7 Å². The molecule has 190 valence electrons. The van der Waals surface area contributed by atoms with E-state index >= 15 is 0 Å². The number of hydrogen-bond acceptors (Lipinski definition) is 7. The summed E-state index contributed by atoms with van der Waals surface area (Å²) in [6, 6.07) is 7.96. The minimum atomic E-state index is -0.496. The Labute approximate surface area is 219 Å². The SMILES string of the molecule is C=CCn1c(COc2ccc(CC)cc2)nnc1SCC(=O)Nc1sc2c(c1C(N)=O)CCC(C)C2. The van der Waals surface area contributed by atoms with Gasteiger partial charge >= 0.3 is 0 Å². The van der Waals surface area contributed by atoms with Gasteiger partial charge in [-0.1, -0.05) is 43.8 Å². The first-order chi connectivity index (χ1) is 17.4. The molecule has 1 aromatic carbocycles. The van der Waals surface area contributed by atoms with Crippen molar-refractivity contribution in [2.75, 3.05) is 11.1 Å². The summed E-state index contributed by atoms with van der Waals surface area (Å²) in [5.41, 5.74) is 8.37. The number of nitrogens with two attached hydrogens (primary N) is 1. The number of benzene rings is 1. The van der Waals surface area contributed by atoms with Crippen molar-refractivity contribution in [1.82, 2.24) is 14.8 Å². The third-order valence-electron chi connectivity index (χ3n) is 6.15. The molecule has 0 saturated carbocycles. The number of ether oxygens (including phenoxy) is 1. The van der Waals surface area contributed by atoms with Crippen molar-refractivity contribution in [1.29, 1.82) is 0 Å². The Morgan fingerprint density at radius 1 is 1.33 bits per heavy atom. The Balaban J connectivity index is 1.40. The fourth-order valence-corrected chi connectivity index (χ4v) is 6.41. The molecule has 3 N–H and O–H groups in total. The molecule has 2 amide bonds. The van der Waals surface area contributed by atoms with Crippen LogP contribution in [0.2, 0.25) is 0 Å². The minimum Gasteiger partial charge on any atom is -0.486 e. The first-order valence-electron chi connectivity index (χ1n) is 12.0. The van der Waals surface area contributed by atoms with Gasteiger partial charge in [0.25, 0.3) is 5.91 Å². The molecule has 4 rings (SSSR count). The van der Waals surface area contributed by atoms with Crippen molar-refractivity contribution in [3.8, 4) is 5.75 Å². The average molecular weight is 526 g/mol. The number of carbonyl (C=O) groups excluding carboxylic acids is 2. The number of allylic oxidation sites excluding steroid dienone is 1. The normalized spacial score (nSPS) is 14.8. The second-order valence-corrected chi connectivity index (χ2v) is 10.9. The van der Waals surface area contributed by atoms with E-state index in [2.05, 4.69) is 35.9 Å². The van der Waals surface area contributed by atoms with Gasteiger partial charge in [-0.05, 0) is 54.9 Å². The average Bonchev–Trinajstić information content (AvgIpc) is 3.41. The summed E-state index contributed by atoms with van der Waals surface area (Å²) in [6.45, 7) is 8.87. The van der Waals surface area contributed by atoms with Gasteiger partial charge in [0.15, 0.2) is 11.0 Å². The summed E-state index contributed by atoms with van der Waals surface area (Å²) in [5, 5.41) is 12.6. The number of thiophene rings is 1. The quantitative estimate of drug-likeness (QED) is 0.279. The fourth-order valence-electron chi connectivity index (χ4n) is 4.21. The van der Waals surface area contributed by atoms with E-state index < -0.39 is 5.91 Å². The first kappa shape index (κ1) is 26.0. The van der Waals surface area contributed by atoms with Crippen LogP contribution in [0.25, 0.3) is 0 Å². The number of thioether (sulfide) groups is 1. The highest BCUT2D eigenvalue weighted by Gasteiger charge is 2.27. The van der Waals surface area contributed by atoms with Gasteiger partial charge in [-0.25, -0.2) is 0 Å². The van der Waals surface area contributed by atoms with Gasteiger partial charge in [0.2, 0.25) is 5.91 Å². The molecule has 36 heavy (non-hydrogen) atoms. The molecular formula is C26H31N5O3S2. The number of primary amides is 1. The van der Waals surface area contributed by atoms with Crippen LogP contribution in [0.15, 0.2) is 42.1 Å². The lowest BCUT2D eigenvalue weighted by Crippen LogP contribution is -2.20. The maximum absolute atomic E-state index is 12.8. The van der Waals surface area contributed by atoms with E-state index in [1.807, 2.05) is 28.8 Å². The topological polar surface area (TPSA) is 112 Å². The molecule has 1 aliphatic rings. The first-order valence-corrected chi connectivity index (χ1v) is 13.8. The van der Waals surface area contributed by atoms with Crippen LogP contribution in [-0.2, 0) is 37.2 Å². The van der Waals surface area contributed by atoms with E-state index in [0.717, 1.165) is 41.9 Å². The highest BCUT2D eigenvalue weighted by atomic mass is 32.2. The molecular weight excluding hydrogens is 494 g/mol. The van der Waals surface area contributed by atoms with Crippen LogP contribution in [0.1, 0.15) is 52.5 Å². The molecule has 1 unspecified atom stereocenters. The van der Waals surface area contributed by atoms with Crippen LogP contribution in [0.4, 0.5) is 5.00 Å². The van der Waals surface area contributed by atoms with Gasteiger partial charge in [-0.3, -0.25) is 14.2 Å². The predicted octanol–water partition coefficient (Wildman–Crippen LogP) is 4.62. The number of aromatic nitrogens is 3. The van der Waals surface area contributed by atoms with Crippen LogP contribution >= 0.6 is 23.1 Å². The van der Waals surface area contributed by atoms with E-state index in [0.29, 0.717) is 34.0 Å². The van der Waals surface area contributed by atoms with Crippen molar-refractivity contribution in [3.05, 3.63) is 64.3 Å². The van der Waals surface area contributed by atoms with Gasteiger partial charge in [-0.2, -0.15) is 0 Å². The standard InChI is InChI=1S/C26H31N5O3S2/c1-4-12-31-21(14-34-18-9-7-17(5-2)8-10-18)29-30-26(31)35-15-22(32)28-25-23(24(27)33)19-11-6-16(3)13-20(19)36-25/h4,7-10,16H,1,5-6,11-15H2,2-3H3,(H2,27,33)(H,28,32). The van der Waals surface area contributed by atoms with Crippen molar-refractivity contribution < 1.29 is 14.3 Å². The third kappa shape index (κ3) is 5.99. The van der Waals surface area contributed by atoms with E-state index in [1.54, 1.807) is 6.08 Å². The highest BCUT2D eigenvalue weighted by Crippen LogP contribution is 2.39. The van der Waals surface area contributed by atoms with Crippen molar-refractivity contribution in [2.45, 2.75) is 57.8 Å². The largest absolute Gasteiger partial charge is 0.486 e. The molecule has 1 aliphatic carbocycles. The van der Waals surface area contributed by atoms with Gasteiger partial charge in [0.05, 0.1) is 11.3 Å². The monoisotopic (exact) mass is 525 g/mol.